The quantitative estimate of drug-likeness (QED) is 0.0941. The largest absolute Gasteiger partial charge is 0.569 e. The number of hydrogen-bond acceptors (Lipinski definition) is 10. The third-order valence-electron chi connectivity index (χ3n) is 7.08. The molecule has 1 saturated heterocycles. The van der Waals surface area contributed by atoms with Crippen LogP contribution in [0.2, 0.25) is 0 Å². The minimum absolute atomic E-state index is 0.134. The molecule has 1 fully saturated rings. The molecule has 14 nitrogen and oxygen atoms in total. The molecule has 2 heterocycles. The van der Waals surface area contributed by atoms with E-state index in [2.05, 4.69) is 10.4 Å². The molecule has 0 bridgehead atoms. The van der Waals surface area contributed by atoms with Gasteiger partial charge in [0, 0.05) is 12.5 Å². The Kier molecular flexibility index (Phi) is 10.6. The molecule has 2 atom stereocenters. The molecular weight excluding hydrogens is 661 g/mol. The average molecular weight is 697 g/mol. The number of nitrogens with one attached hydrogen (secondary N) is 1. The number of hydrazine groups is 1. The maximum absolute atomic E-state index is 13.5. The molecule has 0 aliphatic carbocycles. The van der Waals surface area contributed by atoms with Crippen LogP contribution in [-0.2, 0) is 35.3 Å². The van der Waals surface area contributed by atoms with Crippen LogP contribution in [0.3, 0.4) is 0 Å². The van der Waals surface area contributed by atoms with Gasteiger partial charge in [0.25, 0.3) is 16.3 Å². The highest BCUT2D eigenvalue weighted by Crippen LogP contribution is 2.33. The SMILES string of the molecule is Cc1ccc(-c2cc(C(F)(F)F)nn2-c2ccc(S(=O)(=O)NC(=O)OC[C@@H]3CCCN3/[N+]([O-])=N\OC(C)OC(=O)C(C)(C)C)cc2)cc1. The Bertz CT molecular complexity index is 1750. The van der Waals surface area contributed by atoms with Gasteiger partial charge < -0.3 is 14.7 Å². The molecule has 0 saturated carbocycles. The zero-order chi connectivity index (χ0) is 35.4. The predicted octanol–water partition coefficient (Wildman–Crippen LogP) is 5.49. The van der Waals surface area contributed by atoms with E-state index in [1.807, 2.05) is 6.92 Å². The fourth-order valence-corrected chi connectivity index (χ4v) is 5.39. The van der Waals surface area contributed by atoms with E-state index in [0.717, 1.165) is 28.4 Å². The summed E-state index contributed by atoms with van der Waals surface area (Å²) in [5.41, 5.74) is -0.278. The zero-order valence-corrected chi connectivity index (χ0v) is 27.5. The summed E-state index contributed by atoms with van der Waals surface area (Å²) in [6.45, 7) is 8.02. The Labute approximate surface area is 274 Å². The van der Waals surface area contributed by atoms with Gasteiger partial charge in [0.1, 0.15) is 12.6 Å². The van der Waals surface area contributed by atoms with Crippen molar-refractivity contribution in [1.82, 2.24) is 19.5 Å². The molecule has 0 radical (unpaired) electrons. The first-order chi connectivity index (χ1) is 22.3. The van der Waals surface area contributed by atoms with Crippen molar-refractivity contribution in [3.63, 3.8) is 0 Å². The number of carbonyl (C=O) groups is 2. The van der Waals surface area contributed by atoms with E-state index >= 15 is 0 Å². The molecule has 1 aliphatic heterocycles. The summed E-state index contributed by atoms with van der Waals surface area (Å²) in [5.74, 6) is -0.559. The topological polar surface area (TPSA) is 167 Å². The fraction of sp³-hybridized carbons (Fsp3) is 0.433. The normalized spacial score (nSPS) is 16.4. The van der Waals surface area contributed by atoms with E-state index in [4.69, 9.17) is 14.3 Å². The lowest BCUT2D eigenvalue weighted by atomic mass is 9.97. The van der Waals surface area contributed by atoms with Crippen LogP contribution in [0.1, 0.15) is 51.8 Å². The van der Waals surface area contributed by atoms with E-state index < -0.39 is 51.7 Å². The number of aromatic nitrogens is 2. The van der Waals surface area contributed by atoms with Gasteiger partial charge in [-0.3, -0.25) is 9.63 Å². The Morgan fingerprint density at radius 3 is 2.38 bits per heavy atom. The van der Waals surface area contributed by atoms with Gasteiger partial charge in [0.15, 0.2) is 5.69 Å². The first-order valence-corrected chi connectivity index (χ1v) is 16.2. The van der Waals surface area contributed by atoms with E-state index in [1.165, 1.54) is 24.1 Å². The van der Waals surface area contributed by atoms with Crippen LogP contribution >= 0.6 is 0 Å². The second-order valence-corrected chi connectivity index (χ2v) is 13.7. The number of esters is 1. The molecule has 3 aromatic rings. The number of nitrogens with zero attached hydrogens (tertiary/aromatic N) is 5. The van der Waals surface area contributed by atoms with Crippen molar-refractivity contribution in [3.8, 4) is 16.9 Å². The van der Waals surface area contributed by atoms with Crippen LogP contribution in [0.5, 0.6) is 0 Å². The second-order valence-electron chi connectivity index (χ2n) is 12.0. The van der Waals surface area contributed by atoms with Gasteiger partial charge in [0.05, 0.1) is 33.2 Å². The molecule has 48 heavy (non-hydrogen) atoms. The fourth-order valence-electron chi connectivity index (χ4n) is 4.50. The molecule has 1 unspecified atom stereocenters. The van der Waals surface area contributed by atoms with Crippen molar-refractivity contribution in [3.05, 3.63) is 71.1 Å². The van der Waals surface area contributed by atoms with Gasteiger partial charge in [-0.25, -0.2) is 22.6 Å². The van der Waals surface area contributed by atoms with Crippen LogP contribution in [0, 0.1) is 17.5 Å². The van der Waals surface area contributed by atoms with Crippen LogP contribution in [0.25, 0.3) is 16.9 Å². The predicted molar refractivity (Wildman–Crippen MR) is 162 cm³/mol. The number of ether oxygens (including phenoxy) is 2. The molecule has 1 aromatic heterocycles. The number of hydrogen-bond donors (Lipinski definition) is 1. The third-order valence-corrected chi connectivity index (χ3v) is 8.41. The summed E-state index contributed by atoms with van der Waals surface area (Å²) in [5, 5.41) is 20.8. The second kappa shape index (κ2) is 14.1. The average Bonchev–Trinajstić information content (AvgIpc) is 3.67. The van der Waals surface area contributed by atoms with E-state index in [0.29, 0.717) is 18.4 Å². The molecule has 4 rings (SSSR count). The van der Waals surface area contributed by atoms with Crippen LogP contribution < -0.4 is 4.72 Å². The van der Waals surface area contributed by atoms with Crippen molar-refractivity contribution >= 4 is 22.1 Å². The highest BCUT2D eigenvalue weighted by atomic mass is 32.2. The molecule has 2 aromatic carbocycles. The van der Waals surface area contributed by atoms with E-state index in [9.17, 15) is 36.4 Å². The lowest BCUT2D eigenvalue weighted by molar-refractivity contribution is -0.716. The highest BCUT2D eigenvalue weighted by Gasteiger charge is 2.36. The molecule has 1 amide bonds. The number of benzene rings is 2. The first kappa shape index (κ1) is 36.0. The monoisotopic (exact) mass is 696 g/mol. The highest BCUT2D eigenvalue weighted by molar-refractivity contribution is 7.90. The van der Waals surface area contributed by atoms with Gasteiger partial charge in [-0.1, -0.05) is 29.8 Å². The summed E-state index contributed by atoms with van der Waals surface area (Å²) in [6, 6.07) is 11.7. The number of sulfonamides is 1. The van der Waals surface area contributed by atoms with Crippen molar-refractivity contribution in [1.29, 1.82) is 0 Å². The van der Waals surface area contributed by atoms with Crippen LogP contribution in [-0.4, -0.2) is 65.7 Å². The summed E-state index contributed by atoms with van der Waals surface area (Å²) in [4.78, 5) is 29.1. The number of carbonyl (C=O) groups excluding carboxylic acids is 2. The summed E-state index contributed by atoms with van der Waals surface area (Å²) in [6.07, 6.45) is -6.23. The van der Waals surface area contributed by atoms with E-state index in [-0.39, 0.29) is 34.4 Å². The Hall–Kier alpha value is -4.87. The standard InChI is InChI=1S/C30H35F3N6O8S/c1-19-8-10-21(11-9-19)25-17-26(30(31,32)33)34-38(25)22-12-14-24(15-13-22)48(43,44)35-28(41)45-18-23-7-6-16-37(23)39(42)36-47-20(2)46-27(40)29(3,4)5/h8-15,17,20,23H,6-7,16,18H2,1-5H3,(H,35,41)/b39-36+/t20?,23-/m0/s1. The van der Waals surface area contributed by atoms with Crippen molar-refractivity contribution in [2.24, 2.45) is 10.7 Å². The summed E-state index contributed by atoms with van der Waals surface area (Å²) in [7, 11) is -4.46. The third kappa shape index (κ3) is 8.93. The number of aryl methyl sites for hydroxylation is 1. The molecule has 18 heteroatoms. The molecule has 1 aliphatic rings. The number of alkyl halides is 3. The molecule has 0 spiro atoms. The smallest absolute Gasteiger partial charge is 0.435 e. The van der Waals surface area contributed by atoms with Crippen LogP contribution in [0.4, 0.5) is 18.0 Å². The lowest BCUT2D eigenvalue weighted by Crippen LogP contribution is -2.40. The Balaban J connectivity index is 1.38. The number of amides is 1. The van der Waals surface area contributed by atoms with Gasteiger partial charge >= 0.3 is 18.2 Å². The minimum Gasteiger partial charge on any atom is -0.569 e. The Morgan fingerprint density at radius 2 is 1.77 bits per heavy atom. The van der Waals surface area contributed by atoms with Crippen LogP contribution in [0.15, 0.2) is 64.8 Å². The van der Waals surface area contributed by atoms with Gasteiger partial charge in [-0.15, -0.1) is 5.01 Å². The number of halogens is 3. The molecule has 260 valence electrons. The number of rotatable bonds is 10. The zero-order valence-electron chi connectivity index (χ0n) is 26.7. The van der Waals surface area contributed by atoms with Crippen molar-refractivity contribution < 1.29 is 50.5 Å². The van der Waals surface area contributed by atoms with E-state index in [1.54, 1.807) is 49.8 Å². The maximum atomic E-state index is 13.5. The van der Waals surface area contributed by atoms with Gasteiger partial charge in [-0.05, 0) is 70.9 Å². The summed E-state index contributed by atoms with van der Waals surface area (Å²) < 4.78 is 79.3. The van der Waals surface area contributed by atoms with Gasteiger partial charge in [0.2, 0.25) is 5.28 Å². The van der Waals surface area contributed by atoms with Crippen molar-refractivity contribution in [2.45, 2.75) is 70.9 Å². The van der Waals surface area contributed by atoms with Gasteiger partial charge in [-0.2, -0.15) is 18.3 Å². The van der Waals surface area contributed by atoms with Crippen molar-refractivity contribution in [2.75, 3.05) is 13.2 Å². The molecule has 1 N–H and O–H groups in total. The lowest BCUT2D eigenvalue weighted by Gasteiger charge is -2.21. The first-order valence-electron chi connectivity index (χ1n) is 14.7. The minimum atomic E-state index is -4.72. The maximum Gasteiger partial charge on any atom is 0.435 e. The summed E-state index contributed by atoms with van der Waals surface area (Å²) >= 11 is 0. The Morgan fingerprint density at radius 1 is 1.12 bits per heavy atom. The molecular formula is C30H35F3N6O8S.